The van der Waals surface area contributed by atoms with E-state index in [-0.39, 0.29) is 0 Å². The Balaban J connectivity index is 1.11. The molecule has 11 rings (SSSR count). The van der Waals surface area contributed by atoms with Gasteiger partial charge in [0.05, 0.1) is 22.1 Å². The first kappa shape index (κ1) is 31.9. The number of benzene rings is 8. The predicted octanol–water partition coefficient (Wildman–Crippen LogP) is 12.7. The highest BCUT2D eigenvalue weighted by Gasteiger charge is 2.19. The van der Waals surface area contributed by atoms with Gasteiger partial charge in [-0.3, -0.25) is 0 Å². The van der Waals surface area contributed by atoms with Gasteiger partial charge in [-0.25, -0.2) is 15.0 Å². The van der Waals surface area contributed by atoms with Crippen molar-refractivity contribution in [3.05, 3.63) is 200 Å². The Hall–Kier alpha value is -7.63. The molecular weight excluding hydrogens is 683 g/mol. The molecule has 0 aliphatic heterocycles. The fraction of sp³-hybridized carbons (Fsp3) is 0. The quantitative estimate of drug-likeness (QED) is 0.172. The first-order valence-electron chi connectivity index (χ1n) is 18.9. The van der Waals surface area contributed by atoms with Gasteiger partial charge >= 0.3 is 0 Å². The number of nitrogens with zero attached hydrogens (tertiary/aromatic N) is 5. The normalized spacial score (nSPS) is 11.6. The SMILES string of the molecule is c1ccc(-c2nc(-c3ccc4c(c3)c3ccccc3n4-c3ccccc3)nc(-c3ccccc3-c3ccc4c5ccccc5n(-c5ccccc5)c4c3)n2)cc1. The maximum absolute atomic E-state index is 5.27. The third kappa shape index (κ3) is 5.21. The molecule has 0 N–H and O–H groups in total. The maximum atomic E-state index is 5.27. The van der Waals surface area contributed by atoms with Gasteiger partial charge in [0.2, 0.25) is 0 Å². The zero-order valence-electron chi connectivity index (χ0n) is 30.3. The highest BCUT2D eigenvalue weighted by molar-refractivity contribution is 6.11. The van der Waals surface area contributed by atoms with E-state index in [4.69, 9.17) is 15.0 Å². The largest absolute Gasteiger partial charge is 0.309 e. The highest BCUT2D eigenvalue weighted by atomic mass is 15.0. The predicted molar refractivity (Wildman–Crippen MR) is 230 cm³/mol. The average molecular weight is 716 g/mol. The molecule has 0 saturated heterocycles. The van der Waals surface area contributed by atoms with Crippen molar-refractivity contribution in [2.24, 2.45) is 0 Å². The summed E-state index contributed by atoms with van der Waals surface area (Å²) in [7, 11) is 0. The first-order valence-corrected chi connectivity index (χ1v) is 18.9. The molecule has 262 valence electrons. The molecule has 0 unspecified atom stereocenters. The summed E-state index contributed by atoms with van der Waals surface area (Å²) in [6.45, 7) is 0. The fourth-order valence-electron chi connectivity index (χ4n) is 8.23. The molecule has 5 nitrogen and oxygen atoms in total. The molecule has 0 spiro atoms. The molecule has 3 heterocycles. The van der Waals surface area contributed by atoms with Crippen LogP contribution in [0, 0.1) is 0 Å². The van der Waals surface area contributed by atoms with E-state index in [1.165, 1.54) is 21.7 Å². The van der Waals surface area contributed by atoms with E-state index in [0.717, 1.165) is 61.1 Å². The van der Waals surface area contributed by atoms with Crippen molar-refractivity contribution in [2.75, 3.05) is 0 Å². The Bertz CT molecular complexity index is 3240. The molecule has 0 radical (unpaired) electrons. The summed E-state index contributed by atoms with van der Waals surface area (Å²) >= 11 is 0. The van der Waals surface area contributed by atoms with Gasteiger partial charge in [-0.05, 0) is 71.8 Å². The lowest BCUT2D eigenvalue weighted by Crippen LogP contribution is -2.01. The van der Waals surface area contributed by atoms with Gasteiger partial charge in [-0.1, -0.05) is 140 Å². The Morgan fingerprint density at radius 1 is 0.268 bits per heavy atom. The van der Waals surface area contributed by atoms with Gasteiger partial charge in [0, 0.05) is 49.6 Å². The molecule has 0 saturated carbocycles. The molecule has 8 aromatic carbocycles. The molecule has 5 heteroatoms. The topological polar surface area (TPSA) is 48.5 Å². The summed E-state index contributed by atoms with van der Waals surface area (Å²) in [6, 6.07) is 70.3. The smallest absolute Gasteiger partial charge is 0.164 e. The third-order valence-electron chi connectivity index (χ3n) is 10.8. The third-order valence-corrected chi connectivity index (χ3v) is 10.8. The Labute approximate surface area is 323 Å². The van der Waals surface area contributed by atoms with Crippen molar-refractivity contribution in [1.29, 1.82) is 0 Å². The van der Waals surface area contributed by atoms with Crippen LogP contribution in [0.2, 0.25) is 0 Å². The monoisotopic (exact) mass is 715 g/mol. The van der Waals surface area contributed by atoms with E-state index in [0.29, 0.717) is 17.5 Å². The van der Waals surface area contributed by atoms with Crippen molar-refractivity contribution < 1.29 is 0 Å². The van der Waals surface area contributed by atoms with E-state index in [1.807, 2.05) is 18.2 Å². The summed E-state index contributed by atoms with van der Waals surface area (Å²) < 4.78 is 4.68. The van der Waals surface area contributed by atoms with Crippen molar-refractivity contribution in [1.82, 2.24) is 24.1 Å². The second-order valence-corrected chi connectivity index (χ2v) is 14.1. The molecule has 0 amide bonds. The minimum absolute atomic E-state index is 0.625. The minimum Gasteiger partial charge on any atom is -0.309 e. The second kappa shape index (κ2) is 13.0. The van der Waals surface area contributed by atoms with Crippen LogP contribution in [0.1, 0.15) is 0 Å². The van der Waals surface area contributed by atoms with E-state index in [2.05, 4.69) is 191 Å². The number of hydrogen-bond acceptors (Lipinski definition) is 3. The van der Waals surface area contributed by atoms with Crippen LogP contribution < -0.4 is 0 Å². The molecule has 56 heavy (non-hydrogen) atoms. The van der Waals surface area contributed by atoms with Crippen molar-refractivity contribution >= 4 is 43.6 Å². The van der Waals surface area contributed by atoms with Crippen LogP contribution >= 0.6 is 0 Å². The zero-order valence-corrected chi connectivity index (χ0v) is 30.3. The van der Waals surface area contributed by atoms with Crippen LogP contribution in [0.3, 0.4) is 0 Å². The van der Waals surface area contributed by atoms with Crippen molar-refractivity contribution in [3.8, 4) is 56.7 Å². The first-order chi connectivity index (χ1) is 27.8. The molecular formula is C51H33N5. The molecule has 3 aromatic heterocycles. The van der Waals surface area contributed by atoms with Gasteiger partial charge in [0.1, 0.15) is 0 Å². The van der Waals surface area contributed by atoms with Crippen LogP contribution in [-0.2, 0) is 0 Å². The number of hydrogen-bond donors (Lipinski definition) is 0. The summed E-state index contributed by atoms with van der Waals surface area (Å²) in [4.78, 5) is 15.6. The summed E-state index contributed by atoms with van der Waals surface area (Å²) in [5, 5.41) is 4.76. The number of aromatic nitrogens is 5. The summed E-state index contributed by atoms with van der Waals surface area (Å²) in [5.41, 5.74) is 11.8. The molecule has 0 atom stereocenters. The molecule has 0 bridgehead atoms. The van der Waals surface area contributed by atoms with Gasteiger partial charge in [-0.2, -0.15) is 0 Å². The van der Waals surface area contributed by atoms with Crippen LogP contribution in [-0.4, -0.2) is 24.1 Å². The number of para-hydroxylation sites is 4. The fourth-order valence-corrected chi connectivity index (χ4v) is 8.23. The minimum atomic E-state index is 0.625. The van der Waals surface area contributed by atoms with Gasteiger partial charge in [0.15, 0.2) is 17.5 Å². The lowest BCUT2D eigenvalue weighted by atomic mass is 9.97. The van der Waals surface area contributed by atoms with Gasteiger partial charge in [-0.15, -0.1) is 0 Å². The average Bonchev–Trinajstić information content (AvgIpc) is 3.79. The van der Waals surface area contributed by atoms with E-state index >= 15 is 0 Å². The molecule has 0 aliphatic rings. The maximum Gasteiger partial charge on any atom is 0.164 e. The standard InChI is InChI=1S/C51H33N5/c1-4-16-34(17-5-1)49-52-50(36-29-31-47-44(32-36)41-24-13-15-27-46(41)55(47)37-18-6-2-7-19-37)54-51(53-49)43-25-11-10-22-39(43)35-28-30-42-40-23-12-14-26-45(40)56(48(42)33-35)38-20-8-3-9-21-38/h1-33H. The molecule has 0 fully saturated rings. The van der Waals surface area contributed by atoms with E-state index in [9.17, 15) is 0 Å². The highest BCUT2D eigenvalue weighted by Crippen LogP contribution is 2.39. The summed E-state index contributed by atoms with van der Waals surface area (Å²) in [5.74, 6) is 1.88. The number of fused-ring (bicyclic) bond motifs is 6. The second-order valence-electron chi connectivity index (χ2n) is 14.1. The van der Waals surface area contributed by atoms with Crippen LogP contribution in [0.5, 0.6) is 0 Å². The lowest BCUT2D eigenvalue weighted by molar-refractivity contribution is 1.07. The van der Waals surface area contributed by atoms with Gasteiger partial charge < -0.3 is 9.13 Å². The van der Waals surface area contributed by atoms with Crippen LogP contribution in [0.15, 0.2) is 200 Å². The van der Waals surface area contributed by atoms with Crippen molar-refractivity contribution in [2.45, 2.75) is 0 Å². The van der Waals surface area contributed by atoms with Crippen LogP contribution in [0.4, 0.5) is 0 Å². The molecule has 0 aliphatic carbocycles. The van der Waals surface area contributed by atoms with Gasteiger partial charge in [0.25, 0.3) is 0 Å². The lowest BCUT2D eigenvalue weighted by Gasteiger charge is -2.13. The Kier molecular flexibility index (Phi) is 7.42. The molecule has 11 aromatic rings. The van der Waals surface area contributed by atoms with Crippen molar-refractivity contribution in [3.63, 3.8) is 0 Å². The zero-order chi connectivity index (χ0) is 37.0. The van der Waals surface area contributed by atoms with E-state index < -0.39 is 0 Å². The van der Waals surface area contributed by atoms with E-state index in [1.54, 1.807) is 0 Å². The summed E-state index contributed by atoms with van der Waals surface area (Å²) in [6.07, 6.45) is 0. The number of rotatable bonds is 6. The Morgan fingerprint density at radius 3 is 1.41 bits per heavy atom. The Morgan fingerprint density at radius 2 is 0.732 bits per heavy atom. The van der Waals surface area contributed by atoms with Crippen LogP contribution in [0.25, 0.3) is 100 Å².